The summed E-state index contributed by atoms with van der Waals surface area (Å²) in [7, 11) is 0. The van der Waals surface area contributed by atoms with Crippen molar-refractivity contribution in [3.8, 4) is 0 Å². The van der Waals surface area contributed by atoms with Crippen LogP contribution in [0.5, 0.6) is 0 Å². The first-order valence-corrected chi connectivity index (χ1v) is 11.6. The molecule has 164 valence electrons. The van der Waals surface area contributed by atoms with Crippen molar-refractivity contribution in [2.45, 2.75) is 39.3 Å². The molecule has 1 amide bonds. The summed E-state index contributed by atoms with van der Waals surface area (Å²) in [6, 6.07) is 13.8. The minimum Gasteiger partial charge on any atom is -0.325 e. The number of aryl methyl sites for hydroxylation is 3. The van der Waals surface area contributed by atoms with Gasteiger partial charge in [0.25, 0.3) is 5.78 Å². The van der Waals surface area contributed by atoms with Crippen molar-refractivity contribution in [3.63, 3.8) is 0 Å². The van der Waals surface area contributed by atoms with Crippen molar-refractivity contribution in [3.05, 3.63) is 81.1 Å². The SMILES string of the molecule is Cc1ccccc1Cc1c(C)nc2nc(SCC(=O)Nc3cccc(Cl)c3C)nn2c1C. The van der Waals surface area contributed by atoms with Crippen LogP contribution in [0.2, 0.25) is 5.02 Å². The van der Waals surface area contributed by atoms with E-state index < -0.39 is 0 Å². The second-order valence-corrected chi connectivity index (χ2v) is 9.07. The van der Waals surface area contributed by atoms with Gasteiger partial charge in [-0.1, -0.05) is 53.7 Å². The topological polar surface area (TPSA) is 72.2 Å². The first-order valence-electron chi connectivity index (χ1n) is 10.3. The number of amides is 1. The predicted molar refractivity (Wildman–Crippen MR) is 130 cm³/mol. The van der Waals surface area contributed by atoms with Gasteiger partial charge in [0.2, 0.25) is 11.1 Å². The molecule has 4 aromatic rings. The van der Waals surface area contributed by atoms with Gasteiger partial charge in [-0.15, -0.1) is 5.10 Å². The zero-order valence-electron chi connectivity index (χ0n) is 18.4. The highest BCUT2D eigenvalue weighted by molar-refractivity contribution is 7.99. The van der Waals surface area contributed by atoms with Gasteiger partial charge < -0.3 is 5.32 Å². The fourth-order valence-electron chi connectivity index (χ4n) is 3.57. The Morgan fingerprint density at radius 3 is 2.62 bits per heavy atom. The smallest absolute Gasteiger partial charge is 0.253 e. The lowest BCUT2D eigenvalue weighted by Gasteiger charge is -2.12. The van der Waals surface area contributed by atoms with Crippen LogP contribution in [0.25, 0.3) is 5.78 Å². The number of thioether (sulfide) groups is 1. The summed E-state index contributed by atoms with van der Waals surface area (Å²) in [5.41, 5.74) is 7.16. The second kappa shape index (κ2) is 9.30. The highest BCUT2D eigenvalue weighted by atomic mass is 35.5. The summed E-state index contributed by atoms with van der Waals surface area (Å²) in [6.45, 7) is 8.03. The molecule has 0 saturated heterocycles. The van der Waals surface area contributed by atoms with Crippen LogP contribution in [0, 0.1) is 27.7 Å². The Bertz CT molecular complexity index is 1320. The van der Waals surface area contributed by atoms with Gasteiger partial charge in [0.05, 0.1) is 5.75 Å². The molecule has 0 fully saturated rings. The Hall–Kier alpha value is -2.90. The monoisotopic (exact) mass is 465 g/mol. The minimum atomic E-state index is -0.139. The van der Waals surface area contributed by atoms with Crippen LogP contribution in [0.15, 0.2) is 47.6 Å². The number of hydrogen-bond acceptors (Lipinski definition) is 5. The van der Waals surface area contributed by atoms with Gasteiger partial charge in [-0.25, -0.2) is 9.50 Å². The number of carbonyl (C=O) groups is 1. The summed E-state index contributed by atoms with van der Waals surface area (Å²) < 4.78 is 1.77. The number of aromatic nitrogens is 4. The van der Waals surface area contributed by atoms with E-state index in [1.807, 2.05) is 39.0 Å². The van der Waals surface area contributed by atoms with E-state index in [9.17, 15) is 4.79 Å². The summed E-state index contributed by atoms with van der Waals surface area (Å²) in [5.74, 6) is 0.596. The number of fused-ring (bicyclic) bond motifs is 1. The van der Waals surface area contributed by atoms with Gasteiger partial charge in [0.1, 0.15) is 0 Å². The van der Waals surface area contributed by atoms with E-state index in [0.29, 0.717) is 21.6 Å². The number of benzene rings is 2. The number of carbonyl (C=O) groups excluding carboxylic acids is 1. The number of nitrogens with one attached hydrogen (secondary N) is 1. The largest absolute Gasteiger partial charge is 0.325 e. The van der Waals surface area contributed by atoms with Crippen LogP contribution < -0.4 is 5.32 Å². The maximum atomic E-state index is 12.4. The second-order valence-electron chi connectivity index (χ2n) is 7.72. The summed E-state index contributed by atoms with van der Waals surface area (Å²) in [5, 5.41) is 8.63. The molecule has 0 spiro atoms. The molecular weight excluding hydrogens is 442 g/mol. The van der Waals surface area contributed by atoms with E-state index in [1.165, 1.54) is 22.9 Å². The number of nitrogens with zero attached hydrogens (tertiary/aromatic N) is 4. The molecule has 2 aromatic heterocycles. The molecule has 0 atom stereocenters. The lowest BCUT2D eigenvalue weighted by Crippen LogP contribution is -2.15. The number of halogens is 1. The fourth-order valence-corrected chi connectivity index (χ4v) is 4.36. The molecule has 0 radical (unpaired) electrons. The number of hydrogen-bond donors (Lipinski definition) is 1. The highest BCUT2D eigenvalue weighted by Gasteiger charge is 2.16. The van der Waals surface area contributed by atoms with Crippen LogP contribution in [0.3, 0.4) is 0 Å². The molecule has 0 saturated carbocycles. The molecule has 0 aliphatic rings. The lowest BCUT2D eigenvalue weighted by molar-refractivity contribution is -0.113. The molecule has 2 heterocycles. The van der Waals surface area contributed by atoms with E-state index in [1.54, 1.807) is 10.6 Å². The third kappa shape index (κ3) is 4.64. The summed E-state index contributed by atoms with van der Waals surface area (Å²) >= 11 is 7.41. The Morgan fingerprint density at radius 2 is 1.84 bits per heavy atom. The molecule has 0 aliphatic carbocycles. The van der Waals surface area contributed by atoms with Crippen LogP contribution in [0.4, 0.5) is 5.69 Å². The molecule has 1 N–H and O–H groups in total. The van der Waals surface area contributed by atoms with Gasteiger partial charge >= 0.3 is 0 Å². The van der Waals surface area contributed by atoms with E-state index in [-0.39, 0.29) is 11.7 Å². The standard InChI is InChI=1S/C24H24ClN5OS/c1-14-8-5-6-9-18(14)12-19-16(3)26-23-28-24(29-30(23)17(19)4)32-13-22(31)27-21-11-7-10-20(25)15(21)2/h5-11H,12-13H2,1-4H3,(H,27,31). The maximum absolute atomic E-state index is 12.4. The van der Waals surface area contributed by atoms with Crippen molar-refractivity contribution >= 4 is 40.7 Å². The van der Waals surface area contributed by atoms with Crippen molar-refractivity contribution in [1.82, 2.24) is 19.6 Å². The fraction of sp³-hybridized carbons (Fsp3) is 0.250. The third-order valence-electron chi connectivity index (χ3n) is 5.53. The molecule has 2 aromatic carbocycles. The van der Waals surface area contributed by atoms with E-state index >= 15 is 0 Å². The lowest BCUT2D eigenvalue weighted by atomic mass is 9.99. The third-order valence-corrected chi connectivity index (χ3v) is 6.78. The van der Waals surface area contributed by atoms with E-state index in [4.69, 9.17) is 11.6 Å². The summed E-state index contributed by atoms with van der Waals surface area (Å²) in [4.78, 5) is 21.6. The first kappa shape index (κ1) is 22.3. The average molecular weight is 466 g/mol. The Labute approximate surface area is 196 Å². The van der Waals surface area contributed by atoms with E-state index in [0.717, 1.165) is 28.9 Å². The predicted octanol–water partition coefficient (Wildman–Crippen LogP) is 5.33. The van der Waals surface area contributed by atoms with Crippen molar-refractivity contribution in [2.24, 2.45) is 0 Å². The van der Waals surface area contributed by atoms with Crippen molar-refractivity contribution in [2.75, 3.05) is 11.1 Å². The maximum Gasteiger partial charge on any atom is 0.253 e. The number of anilines is 1. The van der Waals surface area contributed by atoms with Gasteiger partial charge in [0.15, 0.2) is 0 Å². The van der Waals surface area contributed by atoms with Gasteiger partial charge in [-0.3, -0.25) is 4.79 Å². The van der Waals surface area contributed by atoms with Crippen LogP contribution in [0.1, 0.15) is 33.6 Å². The minimum absolute atomic E-state index is 0.139. The van der Waals surface area contributed by atoms with Crippen LogP contribution >= 0.6 is 23.4 Å². The van der Waals surface area contributed by atoms with Gasteiger partial charge in [-0.2, -0.15) is 4.98 Å². The van der Waals surface area contributed by atoms with Gasteiger partial charge in [0, 0.05) is 28.5 Å². The Balaban J connectivity index is 1.51. The summed E-state index contributed by atoms with van der Waals surface area (Å²) in [6.07, 6.45) is 0.789. The molecule has 8 heteroatoms. The molecule has 32 heavy (non-hydrogen) atoms. The molecular formula is C24H24ClN5OS. The number of rotatable bonds is 6. The molecule has 0 bridgehead atoms. The van der Waals surface area contributed by atoms with Crippen LogP contribution in [-0.2, 0) is 11.2 Å². The average Bonchev–Trinajstić information content (AvgIpc) is 3.17. The van der Waals surface area contributed by atoms with Gasteiger partial charge in [-0.05, 0) is 62.1 Å². The van der Waals surface area contributed by atoms with E-state index in [2.05, 4.69) is 45.5 Å². The highest BCUT2D eigenvalue weighted by Crippen LogP contribution is 2.24. The Morgan fingerprint density at radius 1 is 1.06 bits per heavy atom. The molecule has 6 nitrogen and oxygen atoms in total. The molecule has 0 unspecified atom stereocenters. The normalized spacial score (nSPS) is 11.2. The quantitative estimate of drug-likeness (QED) is 0.389. The first-order chi connectivity index (χ1) is 15.3. The Kier molecular flexibility index (Phi) is 6.48. The van der Waals surface area contributed by atoms with Crippen LogP contribution in [-0.4, -0.2) is 31.2 Å². The zero-order valence-corrected chi connectivity index (χ0v) is 20.0. The molecule has 4 rings (SSSR count). The van der Waals surface area contributed by atoms with Crippen molar-refractivity contribution < 1.29 is 4.79 Å². The van der Waals surface area contributed by atoms with Crippen molar-refractivity contribution in [1.29, 1.82) is 0 Å². The zero-order chi connectivity index (χ0) is 22.8. The molecule has 0 aliphatic heterocycles.